The molecule has 0 aliphatic carbocycles. The van der Waals surface area contributed by atoms with E-state index in [-0.39, 0.29) is 10.1 Å². The molecule has 1 aromatic heterocycles. The number of halogens is 3. The highest BCUT2D eigenvalue weighted by Crippen LogP contribution is 2.21. The first-order valence-electron chi connectivity index (χ1n) is 4.67. The van der Waals surface area contributed by atoms with Gasteiger partial charge in [-0.15, -0.1) is 10.2 Å². The van der Waals surface area contributed by atoms with E-state index in [2.05, 4.69) is 10.2 Å². The van der Waals surface area contributed by atoms with Gasteiger partial charge in [0.1, 0.15) is 6.54 Å². The van der Waals surface area contributed by atoms with Gasteiger partial charge >= 0.3 is 6.18 Å². The molecule has 1 heterocycles. The third-order valence-electron chi connectivity index (χ3n) is 1.86. The van der Waals surface area contributed by atoms with Crippen LogP contribution in [0, 0.1) is 0 Å². The molecule has 0 aliphatic heterocycles. The molecule has 0 spiro atoms. The first kappa shape index (κ1) is 13.7. The van der Waals surface area contributed by atoms with Crippen molar-refractivity contribution in [2.24, 2.45) is 0 Å². The molecule has 0 saturated carbocycles. The Kier molecular flexibility index (Phi) is 3.91. The Morgan fingerprint density at radius 1 is 1.47 bits per heavy atom. The number of aromatic nitrogens is 2. The van der Waals surface area contributed by atoms with Crippen molar-refractivity contribution in [1.29, 1.82) is 0 Å². The molecule has 1 aromatic rings. The van der Waals surface area contributed by atoms with Crippen LogP contribution < -0.4 is 5.73 Å². The molecule has 2 N–H and O–H groups in total. The summed E-state index contributed by atoms with van der Waals surface area (Å²) < 4.78 is 36.9. The molecule has 0 aromatic carbocycles. The van der Waals surface area contributed by atoms with E-state index < -0.39 is 24.7 Å². The number of hydrogen-bond acceptors (Lipinski definition) is 5. The van der Waals surface area contributed by atoms with E-state index >= 15 is 0 Å². The normalized spacial score (nSPS) is 11.9. The zero-order valence-electron chi connectivity index (χ0n) is 9.15. The lowest BCUT2D eigenvalue weighted by Crippen LogP contribution is -2.43. The minimum atomic E-state index is -4.45. The fourth-order valence-corrected chi connectivity index (χ4v) is 1.69. The highest BCUT2D eigenvalue weighted by molar-refractivity contribution is 7.16. The smallest absolute Gasteiger partial charge is 0.374 e. The summed E-state index contributed by atoms with van der Waals surface area (Å²) in [6.45, 7) is 1.67. The lowest BCUT2D eigenvalue weighted by atomic mass is 10.3. The molecular formula is C8H11F3N4OS. The fraction of sp³-hybridized carbons (Fsp3) is 0.625. The molecule has 1 rings (SSSR count). The van der Waals surface area contributed by atoms with Crippen LogP contribution in [0.3, 0.4) is 0 Å². The maximum atomic E-state index is 12.3. The summed E-state index contributed by atoms with van der Waals surface area (Å²) in [6.07, 6.45) is -4.45. The summed E-state index contributed by atoms with van der Waals surface area (Å²) >= 11 is 0.765. The molecule has 0 fully saturated rings. The molecule has 0 aliphatic rings. The summed E-state index contributed by atoms with van der Waals surface area (Å²) in [5, 5.41) is 6.73. The predicted molar refractivity (Wildman–Crippen MR) is 56.5 cm³/mol. The number of hydrogen-bond donors (Lipinski definition) is 1. The third kappa shape index (κ3) is 3.84. The van der Waals surface area contributed by atoms with Crippen molar-refractivity contribution in [2.45, 2.75) is 26.1 Å². The second-order valence-electron chi connectivity index (χ2n) is 3.59. The molecule has 17 heavy (non-hydrogen) atoms. The minimum Gasteiger partial charge on any atom is -0.374 e. The van der Waals surface area contributed by atoms with Crippen molar-refractivity contribution in [3.05, 3.63) is 5.01 Å². The van der Waals surface area contributed by atoms with Gasteiger partial charge in [0.15, 0.2) is 0 Å². The van der Waals surface area contributed by atoms with Gasteiger partial charge in [0, 0.05) is 6.04 Å². The molecule has 0 radical (unpaired) electrons. The quantitative estimate of drug-likeness (QED) is 0.902. The summed E-state index contributed by atoms with van der Waals surface area (Å²) in [4.78, 5) is 12.4. The molecule has 1 amide bonds. The number of nitrogen functional groups attached to an aromatic ring is 1. The Labute approximate surface area is 99.4 Å². The molecule has 0 saturated heterocycles. The zero-order valence-corrected chi connectivity index (χ0v) is 9.97. The van der Waals surface area contributed by atoms with Crippen LogP contribution in [0.4, 0.5) is 18.3 Å². The lowest BCUT2D eigenvalue weighted by molar-refractivity contribution is -0.143. The van der Waals surface area contributed by atoms with Crippen LogP contribution in [-0.4, -0.2) is 39.8 Å². The topological polar surface area (TPSA) is 72.1 Å². The van der Waals surface area contributed by atoms with Crippen LogP contribution in [0.15, 0.2) is 0 Å². The Hall–Kier alpha value is -1.38. The Bertz CT molecular complexity index is 404. The van der Waals surface area contributed by atoms with Crippen molar-refractivity contribution in [2.75, 3.05) is 12.3 Å². The largest absolute Gasteiger partial charge is 0.406 e. The van der Waals surface area contributed by atoms with Gasteiger partial charge in [0.2, 0.25) is 10.1 Å². The van der Waals surface area contributed by atoms with E-state index in [0.29, 0.717) is 4.90 Å². The molecule has 96 valence electrons. The first-order valence-corrected chi connectivity index (χ1v) is 5.49. The van der Waals surface area contributed by atoms with Gasteiger partial charge in [0.25, 0.3) is 5.91 Å². The summed E-state index contributed by atoms with van der Waals surface area (Å²) in [6, 6.07) is -0.589. The Balaban J connectivity index is 2.88. The van der Waals surface area contributed by atoms with Crippen molar-refractivity contribution < 1.29 is 18.0 Å². The number of nitrogens with zero attached hydrogens (tertiary/aromatic N) is 3. The molecule has 0 bridgehead atoms. The molecule has 0 unspecified atom stereocenters. The minimum absolute atomic E-state index is 0.0454. The van der Waals surface area contributed by atoms with Crippen molar-refractivity contribution in [3.63, 3.8) is 0 Å². The summed E-state index contributed by atoms with van der Waals surface area (Å²) in [7, 11) is 0. The van der Waals surface area contributed by atoms with E-state index in [9.17, 15) is 18.0 Å². The van der Waals surface area contributed by atoms with E-state index in [4.69, 9.17) is 5.73 Å². The van der Waals surface area contributed by atoms with Gasteiger partial charge < -0.3 is 10.6 Å². The number of rotatable bonds is 3. The number of nitrogens with two attached hydrogens (primary N) is 1. The number of amides is 1. The summed E-state index contributed by atoms with van der Waals surface area (Å²) in [5.74, 6) is -0.813. The molecule has 9 heteroatoms. The number of anilines is 1. The van der Waals surface area contributed by atoms with Gasteiger partial charge in [-0.3, -0.25) is 4.79 Å². The number of alkyl halides is 3. The number of carbonyl (C=O) groups excluding carboxylic acids is 1. The second kappa shape index (κ2) is 4.86. The van der Waals surface area contributed by atoms with E-state index in [1.807, 2.05) is 0 Å². The van der Waals surface area contributed by atoms with Crippen molar-refractivity contribution in [3.8, 4) is 0 Å². The average molecular weight is 268 g/mol. The maximum absolute atomic E-state index is 12.3. The van der Waals surface area contributed by atoms with Gasteiger partial charge in [-0.1, -0.05) is 11.3 Å². The van der Waals surface area contributed by atoms with Gasteiger partial charge in [0.05, 0.1) is 0 Å². The van der Waals surface area contributed by atoms with Gasteiger partial charge in [-0.05, 0) is 13.8 Å². The Morgan fingerprint density at radius 2 is 2.06 bits per heavy atom. The van der Waals surface area contributed by atoms with Crippen LogP contribution >= 0.6 is 11.3 Å². The lowest BCUT2D eigenvalue weighted by Gasteiger charge is -2.26. The van der Waals surface area contributed by atoms with E-state index in [1.165, 1.54) is 13.8 Å². The third-order valence-corrected chi connectivity index (χ3v) is 2.60. The Morgan fingerprint density at radius 3 is 2.41 bits per heavy atom. The van der Waals surface area contributed by atoms with Gasteiger partial charge in [-0.2, -0.15) is 13.2 Å². The van der Waals surface area contributed by atoms with Crippen molar-refractivity contribution in [1.82, 2.24) is 15.1 Å². The first-order chi connectivity index (χ1) is 7.70. The van der Waals surface area contributed by atoms with Crippen LogP contribution in [0.1, 0.15) is 23.6 Å². The SMILES string of the molecule is CC(C)N(CC(F)(F)F)C(=O)c1nnc(N)s1. The van der Waals surface area contributed by atoms with Crippen LogP contribution in [0.5, 0.6) is 0 Å². The molecular weight excluding hydrogens is 257 g/mol. The van der Waals surface area contributed by atoms with E-state index in [1.54, 1.807) is 0 Å². The van der Waals surface area contributed by atoms with Crippen molar-refractivity contribution >= 4 is 22.4 Å². The monoisotopic (exact) mass is 268 g/mol. The summed E-state index contributed by atoms with van der Waals surface area (Å²) in [5.41, 5.74) is 5.27. The van der Waals surface area contributed by atoms with Crippen LogP contribution in [0.2, 0.25) is 0 Å². The van der Waals surface area contributed by atoms with Crippen LogP contribution in [-0.2, 0) is 0 Å². The highest BCUT2D eigenvalue weighted by atomic mass is 32.1. The second-order valence-corrected chi connectivity index (χ2v) is 4.60. The molecule has 5 nitrogen and oxygen atoms in total. The standard InChI is InChI=1S/C8H11F3N4OS/c1-4(2)15(3-8(9,10)11)6(16)5-13-14-7(12)17-5/h4H,3H2,1-2H3,(H2,12,14). The maximum Gasteiger partial charge on any atom is 0.406 e. The number of carbonyl (C=O) groups is 1. The average Bonchev–Trinajstić information content (AvgIpc) is 2.58. The van der Waals surface area contributed by atoms with Gasteiger partial charge in [-0.25, -0.2) is 0 Å². The predicted octanol–water partition coefficient (Wildman–Crippen LogP) is 1.53. The van der Waals surface area contributed by atoms with E-state index in [0.717, 1.165) is 11.3 Å². The molecule has 0 atom stereocenters. The highest BCUT2D eigenvalue weighted by Gasteiger charge is 2.35. The zero-order chi connectivity index (χ0) is 13.2. The fourth-order valence-electron chi connectivity index (χ4n) is 1.13. The van der Waals surface area contributed by atoms with Crippen LogP contribution in [0.25, 0.3) is 0 Å².